The largest absolute Gasteiger partial charge is 0.354 e. The maximum atomic E-state index is 11.7. The highest BCUT2D eigenvalue weighted by molar-refractivity contribution is 5.93. The fraction of sp³-hybridized carbons (Fsp3) is 0.778. The molecule has 1 heterocycles. The Kier molecular flexibility index (Phi) is 1.98. The summed E-state index contributed by atoms with van der Waals surface area (Å²) in [5, 5.41) is 5.64. The monoisotopic (exact) mass is 182 g/mol. The van der Waals surface area contributed by atoms with E-state index in [0.717, 1.165) is 25.7 Å². The van der Waals surface area contributed by atoms with Crippen LogP contribution in [0.15, 0.2) is 0 Å². The van der Waals surface area contributed by atoms with Crippen LogP contribution in [0.3, 0.4) is 0 Å². The van der Waals surface area contributed by atoms with Crippen LogP contribution in [0.25, 0.3) is 0 Å². The Morgan fingerprint density at radius 2 is 1.85 bits per heavy atom. The quantitative estimate of drug-likeness (QED) is 0.551. The third-order valence-corrected chi connectivity index (χ3v) is 2.91. The molecular weight excluding hydrogens is 168 g/mol. The Labute approximate surface area is 77.1 Å². The number of carbonyl (C=O) groups excluding carboxylic acids is 2. The molecule has 2 rings (SSSR count). The molecule has 2 fully saturated rings. The topological polar surface area (TPSA) is 58.2 Å². The standard InChI is InChI=1S/C9H14N2O2/c12-7-3-6-10-8(13)9(11-7)4-1-2-5-9/h1-6H2,(H,10,13)(H,11,12). The highest BCUT2D eigenvalue weighted by Gasteiger charge is 2.43. The fourth-order valence-electron chi connectivity index (χ4n) is 2.18. The third-order valence-electron chi connectivity index (χ3n) is 2.91. The van der Waals surface area contributed by atoms with Crippen molar-refractivity contribution in [3.05, 3.63) is 0 Å². The average molecular weight is 182 g/mol. The number of hydrogen-bond donors (Lipinski definition) is 2. The summed E-state index contributed by atoms with van der Waals surface area (Å²) in [7, 11) is 0. The molecule has 1 spiro atoms. The van der Waals surface area contributed by atoms with E-state index < -0.39 is 5.54 Å². The zero-order valence-corrected chi connectivity index (χ0v) is 7.56. The van der Waals surface area contributed by atoms with Crippen LogP contribution in [-0.4, -0.2) is 23.9 Å². The molecule has 4 nitrogen and oxygen atoms in total. The number of carbonyl (C=O) groups is 2. The molecule has 1 saturated heterocycles. The van der Waals surface area contributed by atoms with Gasteiger partial charge in [0.05, 0.1) is 0 Å². The number of rotatable bonds is 0. The smallest absolute Gasteiger partial charge is 0.245 e. The first-order chi connectivity index (χ1) is 6.23. The Hall–Kier alpha value is -1.06. The molecule has 0 bridgehead atoms. The second-order valence-electron chi connectivity index (χ2n) is 3.84. The molecule has 1 aliphatic carbocycles. The van der Waals surface area contributed by atoms with Gasteiger partial charge in [-0.05, 0) is 12.8 Å². The van der Waals surface area contributed by atoms with Gasteiger partial charge in [0, 0.05) is 13.0 Å². The highest BCUT2D eigenvalue weighted by Crippen LogP contribution is 2.30. The predicted octanol–water partition coefficient (Wildman–Crippen LogP) is -0.0647. The van der Waals surface area contributed by atoms with E-state index in [-0.39, 0.29) is 11.8 Å². The normalized spacial score (nSPS) is 26.8. The van der Waals surface area contributed by atoms with Crippen LogP contribution in [0.2, 0.25) is 0 Å². The van der Waals surface area contributed by atoms with Gasteiger partial charge >= 0.3 is 0 Å². The molecule has 0 atom stereocenters. The second-order valence-corrected chi connectivity index (χ2v) is 3.84. The Balaban J connectivity index is 2.21. The van der Waals surface area contributed by atoms with Gasteiger partial charge in [0.2, 0.25) is 11.8 Å². The first kappa shape index (κ1) is 8.53. The molecule has 0 aromatic rings. The first-order valence-corrected chi connectivity index (χ1v) is 4.82. The predicted molar refractivity (Wildman–Crippen MR) is 47.0 cm³/mol. The van der Waals surface area contributed by atoms with E-state index in [1.165, 1.54) is 0 Å². The van der Waals surface area contributed by atoms with Gasteiger partial charge in [0.25, 0.3) is 0 Å². The second kappa shape index (κ2) is 3.01. The fourth-order valence-corrected chi connectivity index (χ4v) is 2.18. The van der Waals surface area contributed by atoms with Crippen LogP contribution in [0.4, 0.5) is 0 Å². The molecule has 13 heavy (non-hydrogen) atoms. The minimum absolute atomic E-state index is 0.000231. The van der Waals surface area contributed by atoms with Crippen LogP contribution < -0.4 is 10.6 Å². The average Bonchev–Trinajstić information content (AvgIpc) is 2.48. The molecule has 0 aromatic heterocycles. The van der Waals surface area contributed by atoms with E-state index in [2.05, 4.69) is 10.6 Å². The van der Waals surface area contributed by atoms with Gasteiger partial charge in [-0.2, -0.15) is 0 Å². The van der Waals surface area contributed by atoms with Gasteiger partial charge in [-0.3, -0.25) is 9.59 Å². The Morgan fingerprint density at radius 1 is 1.15 bits per heavy atom. The minimum Gasteiger partial charge on any atom is -0.354 e. The molecular formula is C9H14N2O2. The van der Waals surface area contributed by atoms with Crippen molar-refractivity contribution in [2.75, 3.05) is 6.54 Å². The molecule has 72 valence electrons. The summed E-state index contributed by atoms with van der Waals surface area (Å²) in [5.41, 5.74) is -0.562. The van der Waals surface area contributed by atoms with Crippen molar-refractivity contribution in [2.45, 2.75) is 37.6 Å². The van der Waals surface area contributed by atoms with Crippen molar-refractivity contribution in [1.29, 1.82) is 0 Å². The molecule has 2 N–H and O–H groups in total. The van der Waals surface area contributed by atoms with Crippen molar-refractivity contribution < 1.29 is 9.59 Å². The summed E-state index contributed by atoms with van der Waals surface area (Å²) in [6.45, 7) is 0.479. The summed E-state index contributed by atoms with van der Waals surface area (Å²) in [4.78, 5) is 22.9. The summed E-state index contributed by atoms with van der Waals surface area (Å²) in [6, 6.07) is 0. The van der Waals surface area contributed by atoms with Crippen molar-refractivity contribution in [1.82, 2.24) is 10.6 Å². The van der Waals surface area contributed by atoms with Gasteiger partial charge in [0.15, 0.2) is 0 Å². The number of amides is 2. The van der Waals surface area contributed by atoms with E-state index in [1.807, 2.05) is 0 Å². The summed E-state index contributed by atoms with van der Waals surface area (Å²) in [5.74, 6) is 0.0103. The maximum absolute atomic E-state index is 11.7. The van der Waals surface area contributed by atoms with Crippen LogP contribution in [0, 0.1) is 0 Å². The van der Waals surface area contributed by atoms with E-state index in [1.54, 1.807) is 0 Å². The van der Waals surface area contributed by atoms with E-state index >= 15 is 0 Å². The van der Waals surface area contributed by atoms with Crippen molar-refractivity contribution >= 4 is 11.8 Å². The van der Waals surface area contributed by atoms with Crippen LogP contribution >= 0.6 is 0 Å². The first-order valence-electron chi connectivity index (χ1n) is 4.82. The Morgan fingerprint density at radius 3 is 2.54 bits per heavy atom. The van der Waals surface area contributed by atoms with Crippen molar-refractivity contribution in [3.8, 4) is 0 Å². The molecule has 1 saturated carbocycles. The van der Waals surface area contributed by atoms with Crippen LogP contribution in [-0.2, 0) is 9.59 Å². The third kappa shape index (κ3) is 1.41. The summed E-state index contributed by atoms with van der Waals surface area (Å²) in [6.07, 6.45) is 4.07. The molecule has 0 radical (unpaired) electrons. The lowest BCUT2D eigenvalue weighted by Gasteiger charge is -2.25. The Bertz CT molecular complexity index is 244. The van der Waals surface area contributed by atoms with E-state index in [4.69, 9.17) is 0 Å². The molecule has 2 amide bonds. The maximum Gasteiger partial charge on any atom is 0.245 e. The molecule has 2 aliphatic rings. The van der Waals surface area contributed by atoms with Crippen LogP contribution in [0.1, 0.15) is 32.1 Å². The van der Waals surface area contributed by atoms with E-state index in [0.29, 0.717) is 13.0 Å². The number of hydrogen-bond acceptors (Lipinski definition) is 2. The van der Waals surface area contributed by atoms with Crippen molar-refractivity contribution in [3.63, 3.8) is 0 Å². The minimum atomic E-state index is -0.562. The summed E-state index contributed by atoms with van der Waals surface area (Å²) < 4.78 is 0. The highest BCUT2D eigenvalue weighted by atomic mass is 16.2. The van der Waals surface area contributed by atoms with Gasteiger partial charge in [0.1, 0.15) is 5.54 Å². The molecule has 0 aromatic carbocycles. The van der Waals surface area contributed by atoms with Gasteiger partial charge in [-0.1, -0.05) is 12.8 Å². The lowest BCUT2D eigenvalue weighted by Crippen LogP contribution is -2.54. The lowest BCUT2D eigenvalue weighted by atomic mass is 9.97. The SMILES string of the molecule is O=C1CCNC(=O)C2(CCCC2)N1. The molecule has 0 unspecified atom stereocenters. The zero-order chi connectivity index (χ0) is 9.31. The van der Waals surface area contributed by atoms with E-state index in [9.17, 15) is 9.59 Å². The van der Waals surface area contributed by atoms with Gasteiger partial charge < -0.3 is 10.6 Å². The summed E-state index contributed by atoms with van der Waals surface area (Å²) >= 11 is 0. The van der Waals surface area contributed by atoms with Crippen LogP contribution in [0.5, 0.6) is 0 Å². The lowest BCUT2D eigenvalue weighted by molar-refractivity contribution is -0.131. The van der Waals surface area contributed by atoms with Gasteiger partial charge in [-0.25, -0.2) is 0 Å². The molecule has 1 aliphatic heterocycles. The zero-order valence-electron chi connectivity index (χ0n) is 7.56. The number of nitrogens with one attached hydrogen (secondary N) is 2. The van der Waals surface area contributed by atoms with Gasteiger partial charge in [-0.15, -0.1) is 0 Å². The molecule has 4 heteroatoms. The van der Waals surface area contributed by atoms with Crippen molar-refractivity contribution in [2.24, 2.45) is 0 Å².